The lowest BCUT2D eigenvalue weighted by atomic mass is 10.1. The van der Waals surface area contributed by atoms with E-state index in [1.165, 1.54) is 6.08 Å². The van der Waals surface area contributed by atoms with E-state index in [1.807, 2.05) is 19.1 Å². The van der Waals surface area contributed by atoms with Crippen molar-refractivity contribution in [3.63, 3.8) is 0 Å². The van der Waals surface area contributed by atoms with Crippen LogP contribution in [0.15, 0.2) is 30.3 Å². The molecule has 1 rings (SSSR count). The van der Waals surface area contributed by atoms with Gasteiger partial charge in [0.05, 0.1) is 0 Å². The van der Waals surface area contributed by atoms with Gasteiger partial charge in [0.1, 0.15) is 0 Å². The second-order valence-electron chi connectivity index (χ2n) is 3.56. The van der Waals surface area contributed by atoms with Crippen LogP contribution >= 0.6 is 0 Å². The van der Waals surface area contributed by atoms with Crippen LogP contribution in [-0.4, -0.2) is 18.7 Å². The van der Waals surface area contributed by atoms with Gasteiger partial charge in [-0.1, -0.05) is 24.3 Å². The molecule has 0 unspecified atom stereocenters. The third-order valence-corrected chi connectivity index (χ3v) is 2.01. The first-order valence-electron chi connectivity index (χ1n) is 5.11. The molecule has 0 aliphatic rings. The highest BCUT2D eigenvalue weighted by molar-refractivity contribution is 5.91. The van der Waals surface area contributed by atoms with Crippen LogP contribution in [0.25, 0.3) is 6.08 Å². The fourth-order valence-corrected chi connectivity index (χ4v) is 1.16. The largest absolute Gasteiger partial charge is 0.414 e. The van der Waals surface area contributed by atoms with Crippen molar-refractivity contribution < 1.29 is 22.8 Å². The number of aryl methyl sites for hydroxylation is 1. The molecule has 1 aromatic carbocycles. The van der Waals surface area contributed by atoms with E-state index in [0.29, 0.717) is 0 Å². The van der Waals surface area contributed by atoms with Gasteiger partial charge in [-0.15, -0.1) is 0 Å². The standard InChI is InChI=1S/C12H12F3NO2/c1-9-4-2-3-5-10(9)6-7-11(17)16-18-8-12(13,14)15/h2-7H,8H2,1H3,(H,16,17)/b7-6+. The second kappa shape index (κ2) is 6.20. The van der Waals surface area contributed by atoms with Crippen molar-refractivity contribution in [3.8, 4) is 0 Å². The third-order valence-electron chi connectivity index (χ3n) is 2.01. The van der Waals surface area contributed by atoms with E-state index < -0.39 is 18.7 Å². The molecule has 1 N–H and O–H groups in total. The summed E-state index contributed by atoms with van der Waals surface area (Å²) in [6, 6.07) is 7.29. The molecule has 0 aliphatic heterocycles. The Balaban J connectivity index is 2.43. The van der Waals surface area contributed by atoms with Crippen LogP contribution in [0.5, 0.6) is 0 Å². The zero-order chi connectivity index (χ0) is 13.6. The van der Waals surface area contributed by atoms with E-state index in [-0.39, 0.29) is 0 Å². The minimum Gasteiger partial charge on any atom is -0.268 e. The average Bonchev–Trinajstić information content (AvgIpc) is 2.26. The van der Waals surface area contributed by atoms with E-state index in [0.717, 1.165) is 17.2 Å². The van der Waals surface area contributed by atoms with Crippen LogP contribution in [0.1, 0.15) is 11.1 Å². The van der Waals surface area contributed by atoms with Gasteiger partial charge < -0.3 is 0 Å². The van der Waals surface area contributed by atoms with Gasteiger partial charge in [-0.05, 0) is 24.1 Å². The minimum atomic E-state index is -4.47. The number of carbonyl (C=O) groups excluding carboxylic acids is 1. The number of alkyl halides is 3. The molecule has 0 heterocycles. The molecule has 0 atom stereocenters. The molecule has 1 aromatic rings. The Labute approximate surface area is 102 Å². The summed E-state index contributed by atoms with van der Waals surface area (Å²) in [7, 11) is 0. The Bertz CT molecular complexity index is 441. The Kier molecular flexibility index (Phi) is 4.91. The number of hydrogen-bond acceptors (Lipinski definition) is 2. The molecule has 0 bridgehead atoms. The molecular weight excluding hydrogens is 247 g/mol. The number of benzene rings is 1. The Morgan fingerprint density at radius 2 is 2.06 bits per heavy atom. The highest BCUT2D eigenvalue weighted by Gasteiger charge is 2.28. The van der Waals surface area contributed by atoms with Crippen molar-refractivity contribution in [2.24, 2.45) is 0 Å². The Morgan fingerprint density at radius 1 is 1.39 bits per heavy atom. The van der Waals surface area contributed by atoms with Gasteiger partial charge in [-0.2, -0.15) is 13.2 Å². The van der Waals surface area contributed by atoms with Crippen LogP contribution in [-0.2, 0) is 9.63 Å². The normalized spacial score (nSPS) is 11.8. The maximum absolute atomic E-state index is 11.7. The monoisotopic (exact) mass is 259 g/mol. The zero-order valence-electron chi connectivity index (χ0n) is 9.62. The molecule has 0 saturated heterocycles. The summed E-state index contributed by atoms with van der Waals surface area (Å²) in [5.41, 5.74) is 3.45. The number of halogens is 3. The highest BCUT2D eigenvalue weighted by atomic mass is 19.4. The lowest BCUT2D eigenvalue weighted by molar-refractivity contribution is -0.190. The molecule has 0 spiro atoms. The lowest BCUT2D eigenvalue weighted by Gasteiger charge is -2.06. The first kappa shape index (κ1) is 14.2. The highest BCUT2D eigenvalue weighted by Crippen LogP contribution is 2.13. The van der Waals surface area contributed by atoms with Gasteiger partial charge in [0.15, 0.2) is 6.61 Å². The number of hydroxylamine groups is 1. The third kappa shape index (κ3) is 5.49. The van der Waals surface area contributed by atoms with E-state index in [9.17, 15) is 18.0 Å². The van der Waals surface area contributed by atoms with Crippen molar-refractivity contribution in [2.75, 3.05) is 6.61 Å². The smallest absolute Gasteiger partial charge is 0.268 e. The van der Waals surface area contributed by atoms with E-state index in [4.69, 9.17) is 0 Å². The van der Waals surface area contributed by atoms with Crippen molar-refractivity contribution >= 4 is 12.0 Å². The number of amides is 1. The fraction of sp³-hybridized carbons (Fsp3) is 0.250. The molecule has 3 nitrogen and oxygen atoms in total. The fourth-order valence-electron chi connectivity index (χ4n) is 1.16. The summed E-state index contributed by atoms with van der Waals surface area (Å²) < 4.78 is 35.1. The summed E-state index contributed by atoms with van der Waals surface area (Å²) in [4.78, 5) is 15.1. The molecular formula is C12H12F3NO2. The molecule has 98 valence electrons. The summed E-state index contributed by atoms with van der Waals surface area (Å²) in [5, 5.41) is 0. The van der Waals surface area contributed by atoms with Gasteiger partial charge in [-0.25, -0.2) is 5.48 Å². The van der Waals surface area contributed by atoms with Crippen molar-refractivity contribution in [1.82, 2.24) is 5.48 Å². The number of carbonyl (C=O) groups is 1. The lowest BCUT2D eigenvalue weighted by Crippen LogP contribution is -2.28. The molecule has 0 fully saturated rings. The Hall–Kier alpha value is -1.82. The molecule has 1 amide bonds. The predicted molar refractivity (Wildman–Crippen MR) is 60.4 cm³/mol. The minimum absolute atomic E-state index is 0.748. The average molecular weight is 259 g/mol. The van der Waals surface area contributed by atoms with Crippen LogP contribution < -0.4 is 5.48 Å². The first-order chi connectivity index (χ1) is 8.38. The first-order valence-corrected chi connectivity index (χ1v) is 5.11. The van der Waals surface area contributed by atoms with E-state index in [1.54, 1.807) is 17.6 Å². The van der Waals surface area contributed by atoms with Crippen LogP contribution in [0, 0.1) is 6.92 Å². The molecule has 6 heteroatoms. The summed E-state index contributed by atoms with van der Waals surface area (Å²) >= 11 is 0. The summed E-state index contributed by atoms with van der Waals surface area (Å²) in [6.07, 6.45) is -1.85. The predicted octanol–water partition coefficient (Wildman–Crippen LogP) is 2.62. The van der Waals surface area contributed by atoms with Crippen molar-refractivity contribution in [1.29, 1.82) is 0 Å². The maximum Gasteiger partial charge on any atom is 0.414 e. The summed E-state index contributed by atoms with van der Waals surface area (Å²) in [5.74, 6) is -0.748. The molecule has 0 aliphatic carbocycles. The van der Waals surface area contributed by atoms with E-state index >= 15 is 0 Å². The van der Waals surface area contributed by atoms with Crippen molar-refractivity contribution in [3.05, 3.63) is 41.5 Å². The molecule has 18 heavy (non-hydrogen) atoms. The van der Waals surface area contributed by atoms with Gasteiger partial charge in [-0.3, -0.25) is 9.63 Å². The van der Waals surface area contributed by atoms with Crippen LogP contribution in [0.4, 0.5) is 13.2 Å². The van der Waals surface area contributed by atoms with E-state index in [2.05, 4.69) is 4.84 Å². The van der Waals surface area contributed by atoms with Gasteiger partial charge in [0, 0.05) is 6.08 Å². The number of nitrogens with one attached hydrogen (secondary N) is 1. The van der Waals surface area contributed by atoms with Crippen molar-refractivity contribution in [2.45, 2.75) is 13.1 Å². The van der Waals surface area contributed by atoms with Gasteiger partial charge in [0.2, 0.25) is 0 Å². The zero-order valence-corrected chi connectivity index (χ0v) is 9.62. The molecule has 0 saturated carbocycles. The van der Waals surface area contributed by atoms with Crippen LogP contribution in [0.2, 0.25) is 0 Å². The topological polar surface area (TPSA) is 38.3 Å². The second-order valence-corrected chi connectivity index (χ2v) is 3.56. The maximum atomic E-state index is 11.7. The van der Waals surface area contributed by atoms with Gasteiger partial charge >= 0.3 is 6.18 Å². The number of hydrogen-bond donors (Lipinski definition) is 1. The SMILES string of the molecule is Cc1ccccc1/C=C/C(=O)NOCC(F)(F)F. The van der Waals surface area contributed by atoms with Crippen LogP contribution in [0.3, 0.4) is 0 Å². The Morgan fingerprint density at radius 3 is 2.67 bits per heavy atom. The summed E-state index contributed by atoms with van der Waals surface area (Å²) in [6.45, 7) is 0.342. The quantitative estimate of drug-likeness (QED) is 0.666. The molecule has 0 aromatic heterocycles. The molecule has 0 radical (unpaired) electrons. The van der Waals surface area contributed by atoms with Gasteiger partial charge in [0.25, 0.3) is 5.91 Å². The number of rotatable bonds is 4.